The van der Waals surface area contributed by atoms with Gasteiger partial charge in [-0.2, -0.15) is 5.10 Å². The Morgan fingerprint density at radius 3 is 2.78 bits per heavy atom. The number of carbonyl (C=O) groups excluding carboxylic acids is 3. The maximum absolute atomic E-state index is 12.6. The van der Waals surface area contributed by atoms with E-state index in [0.717, 1.165) is 4.90 Å². The van der Waals surface area contributed by atoms with Crippen molar-refractivity contribution in [2.45, 2.75) is 12.5 Å². The molecule has 4 amide bonds. The van der Waals surface area contributed by atoms with Gasteiger partial charge in [-0.1, -0.05) is 0 Å². The average Bonchev–Trinajstić information content (AvgIpc) is 3.17. The SMILES string of the molecule is COCCN1CC(=O)N(C2CCN(c3ccn(C)n3)C2=O)C1=O. The van der Waals surface area contributed by atoms with Crippen LogP contribution in [0.15, 0.2) is 12.3 Å². The lowest BCUT2D eigenvalue weighted by Crippen LogP contribution is -2.46. The van der Waals surface area contributed by atoms with Gasteiger partial charge < -0.3 is 9.64 Å². The summed E-state index contributed by atoms with van der Waals surface area (Å²) in [5.74, 6) is -0.0679. The Bertz CT molecular complexity index is 643. The number of amides is 4. The molecule has 2 fully saturated rings. The number of aromatic nitrogens is 2. The Kier molecular flexibility index (Phi) is 4.03. The highest BCUT2D eigenvalue weighted by Gasteiger charge is 2.47. The summed E-state index contributed by atoms with van der Waals surface area (Å²) in [4.78, 5) is 41.2. The van der Waals surface area contributed by atoms with Crippen molar-refractivity contribution in [2.24, 2.45) is 7.05 Å². The van der Waals surface area contributed by atoms with Gasteiger partial charge in [0.05, 0.1) is 6.61 Å². The molecule has 0 radical (unpaired) electrons. The lowest BCUT2D eigenvalue weighted by atomic mass is 10.2. The van der Waals surface area contributed by atoms with Crippen molar-refractivity contribution < 1.29 is 19.1 Å². The van der Waals surface area contributed by atoms with Gasteiger partial charge >= 0.3 is 6.03 Å². The Balaban J connectivity index is 1.73. The molecule has 0 N–H and O–H groups in total. The van der Waals surface area contributed by atoms with Crippen molar-refractivity contribution in [3.8, 4) is 0 Å². The molecule has 3 heterocycles. The summed E-state index contributed by atoms with van der Waals surface area (Å²) in [5, 5.41) is 4.20. The largest absolute Gasteiger partial charge is 0.383 e. The molecule has 1 atom stereocenters. The topological polar surface area (TPSA) is 88.0 Å². The number of ether oxygens (including phenoxy) is 1. The van der Waals surface area contributed by atoms with Crippen molar-refractivity contribution in [3.05, 3.63) is 12.3 Å². The van der Waals surface area contributed by atoms with Crippen LogP contribution in [-0.4, -0.2) is 76.8 Å². The van der Waals surface area contributed by atoms with Gasteiger partial charge in [0.2, 0.25) is 0 Å². The molecule has 23 heavy (non-hydrogen) atoms. The van der Waals surface area contributed by atoms with Crippen molar-refractivity contribution in [2.75, 3.05) is 38.3 Å². The summed E-state index contributed by atoms with van der Waals surface area (Å²) < 4.78 is 6.54. The molecule has 9 heteroatoms. The van der Waals surface area contributed by atoms with Crippen LogP contribution < -0.4 is 4.90 Å². The third kappa shape index (κ3) is 2.67. The first-order valence-electron chi connectivity index (χ1n) is 7.44. The second-order valence-electron chi connectivity index (χ2n) is 5.60. The van der Waals surface area contributed by atoms with Crippen LogP contribution >= 0.6 is 0 Å². The monoisotopic (exact) mass is 321 g/mol. The van der Waals surface area contributed by atoms with Crippen molar-refractivity contribution in [1.82, 2.24) is 19.6 Å². The normalized spacial score (nSPS) is 21.9. The van der Waals surface area contributed by atoms with Gasteiger partial charge in [-0.25, -0.2) is 9.69 Å². The number of rotatable bonds is 5. The van der Waals surface area contributed by atoms with Gasteiger partial charge in [0.25, 0.3) is 11.8 Å². The van der Waals surface area contributed by atoms with E-state index in [-0.39, 0.29) is 18.4 Å². The first-order chi connectivity index (χ1) is 11.0. The highest BCUT2D eigenvalue weighted by atomic mass is 16.5. The Morgan fingerprint density at radius 1 is 1.35 bits per heavy atom. The zero-order chi connectivity index (χ0) is 16.6. The Hall–Kier alpha value is -2.42. The van der Waals surface area contributed by atoms with Gasteiger partial charge in [0.1, 0.15) is 12.6 Å². The molecule has 0 bridgehead atoms. The first-order valence-corrected chi connectivity index (χ1v) is 7.44. The number of nitrogens with zero attached hydrogens (tertiary/aromatic N) is 5. The molecule has 1 aromatic heterocycles. The molecule has 2 aliphatic heterocycles. The van der Waals surface area contributed by atoms with Crippen molar-refractivity contribution in [3.63, 3.8) is 0 Å². The van der Waals surface area contributed by atoms with Crippen LogP contribution in [0.25, 0.3) is 0 Å². The fourth-order valence-electron chi connectivity index (χ4n) is 2.93. The predicted octanol–water partition coefficient (Wildman–Crippen LogP) is -0.564. The fraction of sp³-hybridized carbons (Fsp3) is 0.571. The summed E-state index contributed by atoms with van der Waals surface area (Å²) in [6.45, 7) is 1.12. The van der Waals surface area contributed by atoms with E-state index in [1.54, 1.807) is 24.0 Å². The maximum atomic E-state index is 12.6. The molecule has 2 saturated heterocycles. The molecule has 2 aliphatic rings. The second kappa shape index (κ2) is 5.99. The van der Waals surface area contributed by atoms with Crippen LogP contribution in [0.4, 0.5) is 10.6 Å². The summed E-state index contributed by atoms with van der Waals surface area (Å²) in [6.07, 6.45) is 2.17. The average molecular weight is 321 g/mol. The Labute approximate surface area is 133 Å². The lowest BCUT2D eigenvalue weighted by molar-refractivity contribution is -0.132. The summed E-state index contributed by atoms with van der Waals surface area (Å²) in [5.41, 5.74) is 0. The smallest absolute Gasteiger partial charge is 0.328 e. The third-order valence-electron chi connectivity index (χ3n) is 4.10. The van der Waals surface area contributed by atoms with Gasteiger partial charge in [0.15, 0.2) is 5.82 Å². The van der Waals surface area contributed by atoms with E-state index in [2.05, 4.69) is 5.10 Å². The summed E-state index contributed by atoms with van der Waals surface area (Å²) in [7, 11) is 3.30. The quantitative estimate of drug-likeness (QED) is 0.678. The molecule has 0 saturated carbocycles. The minimum absolute atomic E-state index is 0.00440. The van der Waals surface area contributed by atoms with Gasteiger partial charge in [-0.05, 0) is 6.42 Å². The van der Waals surface area contributed by atoms with E-state index in [9.17, 15) is 14.4 Å². The molecular formula is C14H19N5O4. The number of aryl methyl sites for hydroxylation is 1. The van der Waals surface area contributed by atoms with Crippen LogP contribution in [0.5, 0.6) is 0 Å². The standard InChI is InChI=1S/C14H19N5O4/c1-16-5-4-11(15-16)18-6-3-10(13(18)21)19-12(20)9-17(14(19)22)7-8-23-2/h4-5,10H,3,6-9H2,1-2H3. The van der Waals surface area contributed by atoms with E-state index >= 15 is 0 Å². The molecule has 0 aliphatic carbocycles. The van der Waals surface area contributed by atoms with Crippen LogP contribution in [0, 0.1) is 0 Å². The highest BCUT2D eigenvalue weighted by molar-refractivity contribution is 6.09. The zero-order valence-corrected chi connectivity index (χ0v) is 13.1. The van der Waals surface area contributed by atoms with Crippen molar-refractivity contribution >= 4 is 23.7 Å². The molecule has 1 unspecified atom stereocenters. The number of imide groups is 1. The zero-order valence-electron chi connectivity index (χ0n) is 13.1. The molecule has 0 aromatic carbocycles. The molecule has 9 nitrogen and oxygen atoms in total. The maximum Gasteiger partial charge on any atom is 0.328 e. The number of carbonyl (C=O) groups is 3. The Morgan fingerprint density at radius 2 is 2.13 bits per heavy atom. The number of anilines is 1. The van der Waals surface area contributed by atoms with Crippen LogP contribution in [0.3, 0.4) is 0 Å². The first kappa shape index (κ1) is 15.5. The number of hydrogen-bond donors (Lipinski definition) is 0. The van der Waals surface area contributed by atoms with Gasteiger partial charge in [-0.3, -0.25) is 19.2 Å². The van der Waals surface area contributed by atoms with Gasteiger partial charge in [0, 0.05) is 39.5 Å². The van der Waals surface area contributed by atoms with Crippen molar-refractivity contribution in [1.29, 1.82) is 0 Å². The minimum atomic E-state index is -0.746. The molecule has 1 aromatic rings. The van der Waals surface area contributed by atoms with Crippen LogP contribution in [-0.2, 0) is 21.4 Å². The molecule has 0 spiro atoms. The lowest BCUT2D eigenvalue weighted by Gasteiger charge is -2.21. The van der Waals surface area contributed by atoms with E-state index in [4.69, 9.17) is 4.74 Å². The minimum Gasteiger partial charge on any atom is -0.383 e. The van der Waals surface area contributed by atoms with E-state index in [0.29, 0.717) is 31.9 Å². The molecular weight excluding hydrogens is 302 g/mol. The summed E-state index contributed by atoms with van der Waals surface area (Å²) >= 11 is 0. The predicted molar refractivity (Wildman–Crippen MR) is 79.7 cm³/mol. The summed E-state index contributed by atoms with van der Waals surface area (Å²) in [6, 6.07) is 0.566. The molecule has 124 valence electrons. The van der Waals surface area contributed by atoms with E-state index in [1.165, 1.54) is 16.9 Å². The fourth-order valence-corrected chi connectivity index (χ4v) is 2.93. The number of methoxy groups -OCH3 is 1. The highest BCUT2D eigenvalue weighted by Crippen LogP contribution is 2.26. The van der Waals surface area contributed by atoms with Gasteiger partial charge in [-0.15, -0.1) is 0 Å². The third-order valence-corrected chi connectivity index (χ3v) is 4.10. The number of urea groups is 1. The van der Waals surface area contributed by atoms with Crippen LogP contribution in [0.1, 0.15) is 6.42 Å². The van der Waals surface area contributed by atoms with E-state index < -0.39 is 12.1 Å². The van der Waals surface area contributed by atoms with Crippen LogP contribution in [0.2, 0.25) is 0 Å². The van der Waals surface area contributed by atoms with E-state index in [1.807, 2.05) is 0 Å². The number of hydrogen-bond acceptors (Lipinski definition) is 5. The second-order valence-corrected chi connectivity index (χ2v) is 5.60. The molecule has 3 rings (SSSR count).